The van der Waals surface area contributed by atoms with Crippen molar-refractivity contribution in [2.45, 2.75) is 64.7 Å². The molecule has 0 aliphatic rings. The van der Waals surface area contributed by atoms with E-state index in [1.54, 1.807) is 0 Å². The van der Waals surface area contributed by atoms with Crippen molar-refractivity contribution in [3.05, 3.63) is 35.4 Å². The van der Waals surface area contributed by atoms with Gasteiger partial charge in [-0.15, -0.1) is 0 Å². The molecule has 0 spiro atoms. The maximum Gasteiger partial charge on any atom is 0.0431 e. The van der Waals surface area contributed by atoms with Crippen LogP contribution >= 0.6 is 0 Å². The smallest absolute Gasteiger partial charge is 0.0431 e. The fourth-order valence-corrected chi connectivity index (χ4v) is 2.26. The first-order chi connectivity index (χ1) is 8.83. The Kier molecular flexibility index (Phi) is 8.58. The molecule has 0 radical (unpaired) electrons. The standard InChI is InChI=1S/C17H28O/c1-16-11-13-17(14-12-16)10-8-6-4-2-3-5-7-9-15-18/h11-14,18H,2-10,15H2,1H3. The minimum Gasteiger partial charge on any atom is -0.396 e. The third kappa shape index (κ3) is 7.50. The van der Waals surface area contributed by atoms with Crippen LogP contribution in [-0.4, -0.2) is 11.7 Å². The van der Waals surface area contributed by atoms with E-state index in [0.29, 0.717) is 6.61 Å². The highest BCUT2D eigenvalue weighted by Crippen LogP contribution is 2.11. The molecule has 0 saturated carbocycles. The van der Waals surface area contributed by atoms with E-state index in [1.165, 1.54) is 62.5 Å². The third-order valence-electron chi connectivity index (χ3n) is 3.49. The van der Waals surface area contributed by atoms with Gasteiger partial charge in [0.25, 0.3) is 0 Å². The van der Waals surface area contributed by atoms with Crippen molar-refractivity contribution in [3.63, 3.8) is 0 Å². The summed E-state index contributed by atoms with van der Waals surface area (Å²) in [6.45, 7) is 2.50. The van der Waals surface area contributed by atoms with Crippen LogP contribution < -0.4 is 0 Å². The molecule has 102 valence electrons. The Morgan fingerprint density at radius 2 is 1.22 bits per heavy atom. The van der Waals surface area contributed by atoms with E-state index in [1.807, 2.05) is 0 Å². The highest BCUT2D eigenvalue weighted by Gasteiger charge is 1.94. The molecule has 0 atom stereocenters. The van der Waals surface area contributed by atoms with Crippen molar-refractivity contribution >= 4 is 0 Å². The number of aryl methyl sites for hydroxylation is 2. The molecule has 18 heavy (non-hydrogen) atoms. The van der Waals surface area contributed by atoms with Gasteiger partial charge in [0.1, 0.15) is 0 Å². The zero-order valence-corrected chi connectivity index (χ0v) is 11.8. The van der Waals surface area contributed by atoms with E-state index in [-0.39, 0.29) is 0 Å². The van der Waals surface area contributed by atoms with E-state index in [2.05, 4.69) is 31.2 Å². The van der Waals surface area contributed by atoms with Gasteiger partial charge in [-0.3, -0.25) is 0 Å². The molecule has 1 aromatic rings. The Hall–Kier alpha value is -0.820. The Bertz CT molecular complexity index is 289. The van der Waals surface area contributed by atoms with E-state index in [0.717, 1.165) is 6.42 Å². The third-order valence-corrected chi connectivity index (χ3v) is 3.49. The van der Waals surface area contributed by atoms with E-state index < -0.39 is 0 Å². The maximum absolute atomic E-state index is 8.66. The summed E-state index contributed by atoms with van der Waals surface area (Å²) in [6.07, 6.45) is 11.4. The van der Waals surface area contributed by atoms with Crippen LogP contribution in [0.4, 0.5) is 0 Å². The summed E-state index contributed by atoms with van der Waals surface area (Å²) in [5.74, 6) is 0. The first kappa shape index (κ1) is 15.2. The second kappa shape index (κ2) is 10.1. The van der Waals surface area contributed by atoms with Crippen molar-refractivity contribution in [2.75, 3.05) is 6.61 Å². The molecule has 0 aliphatic carbocycles. The molecule has 0 aliphatic heterocycles. The van der Waals surface area contributed by atoms with Crippen LogP contribution in [0.3, 0.4) is 0 Å². The van der Waals surface area contributed by atoms with Gasteiger partial charge in [0.15, 0.2) is 0 Å². The van der Waals surface area contributed by atoms with E-state index >= 15 is 0 Å². The van der Waals surface area contributed by atoms with Gasteiger partial charge in [-0.05, 0) is 31.7 Å². The molecular formula is C17H28O. The Morgan fingerprint density at radius 3 is 1.78 bits per heavy atom. The topological polar surface area (TPSA) is 20.2 Å². The summed E-state index contributed by atoms with van der Waals surface area (Å²) in [5.41, 5.74) is 2.82. The monoisotopic (exact) mass is 248 g/mol. The number of aliphatic hydroxyl groups is 1. The molecule has 1 nitrogen and oxygen atoms in total. The predicted molar refractivity (Wildman–Crippen MR) is 78.9 cm³/mol. The highest BCUT2D eigenvalue weighted by molar-refractivity contribution is 5.21. The van der Waals surface area contributed by atoms with Crippen molar-refractivity contribution in [2.24, 2.45) is 0 Å². The Morgan fingerprint density at radius 1 is 0.722 bits per heavy atom. The first-order valence-corrected chi connectivity index (χ1v) is 7.49. The highest BCUT2D eigenvalue weighted by atomic mass is 16.2. The van der Waals surface area contributed by atoms with Gasteiger partial charge in [0.2, 0.25) is 0 Å². The predicted octanol–water partition coefficient (Wildman–Crippen LogP) is 4.65. The lowest BCUT2D eigenvalue weighted by molar-refractivity contribution is 0.282. The van der Waals surface area contributed by atoms with Crippen molar-refractivity contribution in [1.29, 1.82) is 0 Å². The molecule has 1 N–H and O–H groups in total. The lowest BCUT2D eigenvalue weighted by Gasteiger charge is -2.03. The van der Waals surface area contributed by atoms with Gasteiger partial charge in [0, 0.05) is 6.61 Å². The van der Waals surface area contributed by atoms with Gasteiger partial charge >= 0.3 is 0 Å². The zero-order chi connectivity index (χ0) is 13.1. The Labute approximate surface area is 112 Å². The molecule has 0 amide bonds. The lowest BCUT2D eigenvalue weighted by atomic mass is 10.0. The maximum atomic E-state index is 8.66. The molecule has 0 bridgehead atoms. The van der Waals surface area contributed by atoms with Crippen LogP contribution in [0, 0.1) is 6.92 Å². The first-order valence-electron chi connectivity index (χ1n) is 7.49. The van der Waals surface area contributed by atoms with Crippen LogP contribution in [0.5, 0.6) is 0 Å². The summed E-state index contributed by atoms with van der Waals surface area (Å²) < 4.78 is 0. The van der Waals surface area contributed by atoms with Crippen LogP contribution in [-0.2, 0) is 6.42 Å². The average molecular weight is 248 g/mol. The lowest BCUT2D eigenvalue weighted by Crippen LogP contribution is -1.87. The molecule has 0 aromatic heterocycles. The fourth-order valence-electron chi connectivity index (χ4n) is 2.26. The minimum absolute atomic E-state index is 0.358. The molecule has 0 saturated heterocycles. The SMILES string of the molecule is Cc1ccc(CCCCCCCCCCO)cc1. The summed E-state index contributed by atoms with van der Waals surface area (Å²) in [4.78, 5) is 0. The van der Waals surface area contributed by atoms with Gasteiger partial charge in [-0.2, -0.15) is 0 Å². The van der Waals surface area contributed by atoms with Gasteiger partial charge in [-0.25, -0.2) is 0 Å². The van der Waals surface area contributed by atoms with Crippen molar-refractivity contribution in [3.8, 4) is 0 Å². The van der Waals surface area contributed by atoms with Crippen LogP contribution in [0.15, 0.2) is 24.3 Å². The van der Waals surface area contributed by atoms with Gasteiger partial charge in [0.05, 0.1) is 0 Å². The van der Waals surface area contributed by atoms with E-state index in [4.69, 9.17) is 5.11 Å². The molecule has 1 rings (SSSR count). The number of rotatable bonds is 10. The molecular weight excluding hydrogens is 220 g/mol. The molecule has 0 heterocycles. The van der Waals surface area contributed by atoms with Gasteiger partial charge < -0.3 is 5.11 Å². The second-order valence-electron chi connectivity index (χ2n) is 5.29. The van der Waals surface area contributed by atoms with Crippen molar-refractivity contribution < 1.29 is 5.11 Å². The fraction of sp³-hybridized carbons (Fsp3) is 0.647. The summed E-state index contributed by atoms with van der Waals surface area (Å²) in [5, 5.41) is 8.66. The number of hydrogen-bond donors (Lipinski definition) is 1. The normalized spacial score (nSPS) is 10.8. The number of benzene rings is 1. The number of hydrogen-bond acceptors (Lipinski definition) is 1. The van der Waals surface area contributed by atoms with E-state index in [9.17, 15) is 0 Å². The Balaban J connectivity index is 1.91. The quantitative estimate of drug-likeness (QED) is 0.597. The molecule has 0 unspecified atom stereocenters. The van der Waals surface area contributed by atoms with Gasteiger partial charge in [-0.1, -0.05) is 68.4 Å². The minimum atomic E-state index is 0.358. The van der Waals surface area contributed by atoms with Crippen LogP contribution in [0.25, 0.3) is 0 Å². The molecule has 1 heteroatoms. The number of unbranched alkanes of at least 4 members (excludes halogenated alkanes) is 7. The number of aliphatic hydroxyl groups excluding tert-OH is 1. The van der Waals surface area contributed by atoms with Crippen LogP contribution in [0.1, 0.15) is 62.5 Å². The largest absolute Gasteiger partial charge is 0.396 e. The summed E-state index contributed by atoms with van der Waals surface area (Å²) in [7, 11) is 0. The second-order valence-corrected chi connectivity index (χ2v) is 5.29. The summed E-state index contributed by atoms with van der Waals surface area (Å²) in [6, 6.07) is 8.92. The van der Waals surface area contributed by atoms with Crippen molar-refractivity contribution in [1.82, 2.24) is 0 Å². The summed E-state index contributed by atoms with van der Waals surface area (Å²) >= 11 is 0. The zero-order valence-electron chi connectivity index (χ0n) is 11.8. The molecule has 1 aromatic carbocycles. The van der Waals surface area contributed by atoms with Crippen LogP contribution in [0.2, 0.25) is 0 Å². The molecule has 0 fully saturated rings. The average Bonchev–Trinajstić information content (AvgIpc) is 2.39.